The third-order valence-corrected chi connectivity index (χ3v) is 2.98. The molecule has 0 heterocycles. The summed E-state index contributed by atoms with van der Waals surface area (Å²) >= 11 is 0. The summed E-state index contributed by atoms with van der Waals surface area (Å²) < 4.78 is 5.50. The van der Waals surface area contributed by atoms with Crippen LogP contribution in [0.15, 0.2) is 18.2 Å². The molecule has 1 aromatic carbocycles. The van der Waals surface area contributed by atoms with E-state index in [9.17, 15) is 4.79 Å². The molecule has 5 heteroatoms. The summed E-state index contributed by atoms with van der Waals surface area (Å²) in [5.74, 6) is 0.259. The Morgan fingerprint density at radius 1 is 1.44 bits per heavy atom. The minimum Gasteiger partial charge on any atom is -0.396 e. The fourth-order valence-corrected chi connectivity index (χ4v) is 1.73. The normalized spacial score (nSPS) is 14.4. The summed E-state index contributed by atoms with van der Waals surface area (Å²) in [6, 6.07) is 5.19. The summed E-state index contributed by atoms with van der Waals surface area (Å²) in [6.45, 7) is 2.15. The second kappa shape index (κ2) is 5.73. The third kappa shape index (κ3) is 3.37. The molecule has 5 nitrogen and oxygen atoms in total. The molecule has 0 aromatic heterocycles. The van der Waals surface area contributed by atoms with Crippen LogP contribution in [0.1, 0.15) is 23.2 Å². The van der Waals surface area contributed by atoms with Gasteiger partial charge in [0, 0.05) is 13.2 Å². The van der Waals surface area contributed by atoms with Gasteiger partial charge in [0.2, 0.25) is 0 Å². The predicted molar refractivity (Wildman–Crippen MR) is 71.4 cm³/mol. The molecule has 18 heavy (non-hydrogen) atoms. The van der Waals surface area contributed by atoms with Gasteiger partial charge in [-0.05, 0) is 30.9 Å². The zero-order valence-corrected chi connectivity index (χ0v) is 10.3. The van der Waals surface area contributed by atoms with E-state index < -0.39 is 5.91 Å². The lowest BCUT2D eigenvalue weighted by Gasteiger charge is -2.11. The van der Waals surface area contributed by atoms with E-state index in [-0.39, 0.29) is 0 Å². The summed E-state index contributed by atoms with van der Waals surface area (Å²) in [7, 11) is 0. The fraction of sp³-hybridized carbons (Fsp3) is 0.462. The second-order valence-electron chi connectivity index (χ2n) is 4.58. The van der Waals surface area contributed by atoms with Gasteiger partial charge in [0.25, 0.3) is 5.91 Å². The van der Waals surface area contributed by atoms with Gasteiger partial charge in [-0.3, -0.25) is 4.79 Å². The standard InChI is InChI=1S/C13H19N3O2/c14-12-10(13(15)17)2-1-3-11(12)16-6-7-18-8-9-4-5-9/h1-3,9,16H,4-8,14H2,(H2,15,17). The summed E-state index contributed by atoms with van der Waals surface area (Å²) in [5, 5.41) is 3.14. The molecular weight excluding hydrogens is 230 g/mol. The number of hydrogen-bond acceptors (Lipinski definition) is 4. The van der Waals surface area contributed by atoms with Crippen LogP contribution in [0.25, 0.3) is 0 Å². The van der Waals surface area contributed by atoms with E-state index in [0.717, 1.165) is 18.2 Å². The van der Waals surface area contributed by atoms with Gasteiger partial charge in [-0.1, -0.05) is 6.07 Å². The zero-order chi connectivity index (χ0) is 13.0. The van der Waals surface area contributed by atoms with Crippen LogP contribution >= 0.6 is 0 Å². The van der Waals surface area contributed by atoms with Crippen LogP contribution in [0, 0.1) is 5.92 Å². The van der Waals surface area contributed by atoms with Crippen molar-refractivity contribution in [3.63, 3.8) is 0 Å². The Hall–Kier alpha value is -1.75. The Morgan fingerprint density at radius 2 is 2.22 bits per heavy atom. The van der Waals surface area contributed by atoms with Crippen molar-refractivity contribution < 1.29 is 9.53 Å². The average Bonchev–Trinajstić information content (AvgIpc) is 3.14. The maximum Gasteiger partial charge on any atom is 0.250 e. The van der Waals surface area contributed by atoms with Crippen LogP contribution in [-0.2, 0) is 4.74 Å². The van der Waals surface area contributed by atoms with Crippen molar-refractivity contribution in [1.29, 1.82) is 0 Å². The highest BCUT2D eigenvalue weighted by atomic mass is 16.5. The number of para-hydroxylation sites is 1. The van der Waals surface area contributed by atoms with Crippen molar-refractivity contribution >= 4 is 17.3 Å². The minimum absolute atomic E-state index is 0.346. The van der Waals surface area contributed by atoms with E-state index in [1.807, 2.05) is 6.07 Å². The molecule has 1 aliphatic rings. The molecular formula is C13H19N3O2. The van der Waals surface area contributed by atoms with Gasteiger partial charge in [0.05, 0.1) is 23.5 Å². The summed E-state index contributed by atoms with van der Waals surface area (Å²) in [6.07, 6.45) is 2.59. The van der Waals surface area contributed by atoms with Crippen LogP contribution in [0.3, 0.4) is 0 Å². The number of benzene rings is 1. The first-order valence-electron chi connectivity index (χ1n) is 6.18. The summed E-state index contributed by atoms with van der Waals surface area (Å²) in [4.78, 5) is 11.1. The van der Waals surface area contributed by atoms with E-state index in [2.05, 4.69) is 5.32 Å². The smallest absolute Gasteiger partial charge is 0.250 e. The molecule has 1 saturated carbocycles. The Balaban J connectivity index is 1.80. The first-order chi connectivity index (χ1) is 8.68. The van der Waals surface area contributed by atoms with Crippen molar-refractivity contribution in [2.45, 2.75) is 12.8 Å². The average molecular weight is 249 g/mol. The molecule has 5 N–H and O–H groups in total. The SMILES string of the molecule is NC(=O)c1cccc(NCCOCC2CC2)c1N. The lowest BCUT2D eigenvalue weighted by atomic mass is 10.1. The first-order valence-corrected chi connectivity index (χ1v) is 6.18. The molecule has 1 aliphatic carbocycles. The molecule has 98 valence electrons. The van der Waals surface area contributed by atoms with Gasteiger partial charge < -0.3 is 21.5 Å². The van der Waals surface area contributed by atoms with Crippen LogP contribution < -0.4 is 16.8 Å². The van der Waals surface area contributed by atoms with Gasteiger partial charge in [0.15, 0.2) is 0 Å². The van der Waals surface area contributed by atoms with E-state index in [1.165, 1.54) is 12.8 Å². The highest BCUT2D eigenvalue weighted by Gasteiger charge is 2.20. The van der Waals surface area contributed by atoms with Crippen LogP contribution in [0.5, 0.6) is 0 Å². The topological polar surface area (TPSA) is 90.4 Å². The van der Waals surface area contributed by atoms with Crippen molar-refractivity contribution in [3.8, 4) is 0 Å². The lowest BCUT2D eigenvalue weighted by Crippen LogP contribution is -2.16. The minimum atomic E-state index is -0.513. The number of carbonyl (C=O) groups excluding carboxylic acids is 1. The Kier molecular flexibility index (Phi) is 4.04. The van der Waals surface area contributed by atoms with Gasteiger partial charge in [-0.2, -0.15) is 0 Å². The van der Waals surface area contributed by atoms with E-state index in [0.29, 0.717) is 24.4 Å². The third-order valence-electron chi connectivity index (χ3n) is 2.98. The number of rotatable bonds is 7. The van der Waals surface area contributed by atoms with Gasteiger partial charge in [0.1, 0.15) is 0 Å². The van der Waals surface area contributed by atoms with E-state index in [1.54, 1.807) is 12.1 Å². The Bertz CT molecular complexity index is 430. The van der Waals surface area contributed by atoms with Crippen LogP contribution in [0.4, 0.5) is 11.4 Å². The molecule has 1 amide bonds. The van der Waals surface area contributed by atoms with Crippen molar-refractivity contribution in [1.82, 2.24) is 0 Å². The van der Waals surface area contributed by atoms with Gasteiger partial charge in [-0.15, -0.1) is 0 Å². The van der Waals surface area contributed by atoms with Crippen molar-refractivity contribution in [2.75, 3.05) is 30.8 Å². The number of ether oxygens (including phenoxy) is 1. The molecule has 1 fully saturated rings. The molecule has 2 rings (SSSR count). The molecule has 0 bridgehead atoms. The van der Waals surface area contributed by atoms with Crippen molar-refractivity contribution in [2.24, 2.45) is 11.7 Å². The highest BCUT2D eigenvalue weighted by molar-refractivity contribution is 6.00. The van der Waals surface area contributed by atoms with E-state index in [4.69, 9.17) is 16.2 Å². The monoisotopic (exact) mass is 249 g/mol. The molecule has 0 radical (unpaired) electrons. The first kappa shape index (κ1) is 12.7. The van der Waals surface area contributed by atoms with Crippen LogP contribution in [0.2, 0.25) is 0 Å². The number of amides is 1. The fourth-order valence-electron chi connectivity index (χ4n) is 1.73. The second-order valence-corrected chi connectivity index (χ2v) is 4.58. The molecule has 0 atom stereocenters. The van der Waals surface area contributed by atoms with Gasteiger partial charge in [-0.25, -0.2) is 0 Å². The number of carbonyl (C=O) groups is 1. The quantitative estimate of drug-likeness (QED) is 0.500. The van der Waals surface area contributed by atoms with Crippen LogP contribution in [-0.4, -0.2) is 25.7 Å². The number of hydrogen-bond donors (Lipinski definition) is 3. The largest absolute Gasteiger partial charge is 0.396 e. The maximum absolute atomic E-state index is 11.1. The predicted octanol–water partition coefficient (Wildman–Crippen LogP) is 1.21. The summed E-state index contributed by atoms with van der Waals surface area (Å²) in [5.41, 5.74) is 12.5. The Labute approximate surface area is 106 Å². The number of nitrogens with one attached hydrogen (secondary N) is 1. The molecule has 1 aromatic rings. The van der Waals surface area contributed by atoms with Crippen molar-refractivity contribution in [3.05, 3.63) is 23.8 Å². The molecule has 0 unspecified atom stereocenters. The van der Waals surface area contributed by atoms with Gasteiger partial charge >= 0.3 is 0 Å². The molecule has 0 saturated heterocycles. The zero-order valence-electron chi connectivity index (χ0n) is 10.3. The molecule has 0 aliphatic heterocycles. The number of nitrogens with two attached hydrogens (primary N) is 2. The molecule has 0 spiro atoms. The highest BCUT2D eigenvalue weighted by Crippen LogP contribution is 2.28. The maximum atomic E-state index is 11.1. The number of primary amides is 1. The Morgan fingerprint density at radius 3 is 2.89 bits per heavy atom. The lowest BCUT2D eigenvalue weighted by molar-refractivity contribution is 0.100. The van der Waals surface area contributed by atoms with E-state index >= 15 is 0 Å². The number of anilines is 2. The number of nitrogen functional groups attached to an aromatic ring is 1.